The summed E-state index contributed by atoms with van der Waals surface area (Å²) in [4.78, 5) is 34.7. The molecule has 0 bridgehead atoms. The smallest absolute Gasteiger partial charge is 0.306 e. The zero-order chi connectivity index (χ0) is 17.2. The number of primary amides is 1. The number of nitrogens with one attached hydrogen (secondary N) is 1. The Morgan fingerprint density at radius 1 is 1.22 bits per heavy atom. The van der Waals surface area contributed by atoms with Crippen LogP contribution in [0.15, 0.2) is 30.3 Å². The van der Waals surface area contributed by atoms with Crippen LogP contribution in [0, 0.1) is 0 Å². The maximum Gasteiger partial charge on any atom is 0.306 e. The molecule has 23 heavy (non-hydrogen) atoms. The standard InChI is InChI=1S/C16H23N3O4/c1-2-12(17)16(22)19-13(15(18)21)8-9-14(20)23-10-11-6-4-3-5-7-11/h3-7,12-13H,2,8-10,17H2,1H3,(H2,18,21)(H,19,22). The van der Waals surface area contributed by atoms with Gasteiger partial charge in [-0.25, -0.2) is 0 Å². The number of esters is 1. The van der Waals surface area contributed by atoms with E-state index < -0.39 is 29.9 Å². The lowest BCUT2D eigenvalue weighted by Crippen LogP contribution is -2.50. The number of benzene rings is 1. The van der Waals surface area contributed by atoms with Gasteiger partial charge >= 0.3 is 5.97 Å². The van der Waals surface area contributed by atoms with E-state index in [9.17, 15) is 14.4 Å². The molecule has 126 valence electrons. The van der Waals surface area contributed by atoms with Crippen molar-refractivity contribution in [2.75, 3.05) is 0 Å². The summed E-state index contributed by atoms with van der Waals surface area (Å²) in [6.45, 7) is 1.92. The van der Waals surface area contributed by atoms with Crippen LogP contribution in [0.1, 0.15) is 31.7 Å². The van der Waals surface area contributed by atoms with E-state index in [0.29, 0.717) is 6.42 Å². The number of rotatable bonds is 9. The van der Waals surface area contributed by atoms with Gasteiger partial charge < -0.3 is 21.5 Å². The molecule has 2 unspecified atom stereocenters. The number of ether oxygens (including phenoxy) is 1. The van der Waals surface area contributed by atoms with Gasteiger partial charge in [0.1, 0.15) is 12.6 Å². The summed E-state index contributed by atoms with van der Waals surface area (Å²) < 4.78 is 5.10. The highest BCUT2D eigenvalue weighted by atomic mass is 16.5. The lowest BCUT2D eigenvalue weighted by Gasteiger charge is -2.17. The van der Waals surface area contributed by atoms with Crippen LogP contribution in [-0.2, 0) is 25.7 Å². The lowest BCUT2D eigenvalue weighted by atomic mass is 10.1. The van der Waals surface area contributed by atoms with Crippen LogP contribution in [0.4, 0.5) is 0 Å². The van der Waals surface area contributed by atoms with Gasteiger partial charge in [0.15, 0.2) is 0 Å². The quantitative estimate of drug-likeness (QED) is 0.561. The van der Waals surface area contributed by atoms with Gasteiger partial charge in [-0.15, -0.1) is 0 Å². The second-order valence-corrected chi connectivity index (χ2v) is 5.16. The SMILES string of the molecule is CCC(N)C(=O)NC(CCC(=O)OCc1ccccc1)C(N)=O. The van der Waals surface area contributed by atoms with E-state index in [0.717, 1.165) is 5.56 Å². The third kappa shape index (κ3) is 6.92. The van der Waals surface area contributed by atoms with Crippen molar-refractivity contribution in [2.24, 2.45) is 11.5 Å². The topological polar surface area (TPSA) is 125 Å². The van der Waals surface area contributed by atoms with Gasteiger partial charge in [-0.1, -0.05) is 37.3 Å². The molecule has 7 heteroatoms. The van der Waals surface area contributed by atoms with Gasteiger partial charge in [-0.05, 0) is 18.4 Å². The Balaban J connectivity index is 2.41. The van der Waals surface area contributed by atoms with Crippen molar-refractivity contribution in [1.82, 2.24) is 5.32 Å². The molecule has 1 aromatic carbocycles. The molecule has 0 aliphatic rings. The van der Waals surface area contributed by atoms with Crippen molar-refractivity contribution >= 4 is 17.8 Å². The van der Waals surface area contributed by atoms with Gasteiger partial charge in [0.2, 0.25) is 11.8 Å². The zero-order valence-electron chi connectivity index (χ0n) is 13.2. The summed E-state index contributed by atoms with van der Waals surface area (Å²) in [6.07, 6.45) is 0.490. The Morgan fingerprint density at radius 3 is 2.43 bits per heavy atom. The Kier molecular flexibility index (Phi) is 7.76. The molecular formula is C16H23N3O4. The zero-order valence-corrected chi connectivity index (χ0v) is 13.2. The van der Waals surface area contributed by atoms with Crippen LogP contribution in [0.3, 0.4) is 0 Å². The first-order valence-corrected chi connectivity index (χ1v) is 7.48. The molecule has 0 aliphatic carbocycles. The minimum absolute atomic E-state index is 0.0257. The molecule has 7 nitrogen and oxygen atoms in total. The number of nitrogens with two attached hydrogens (primary N) is 2. The number of amides is 2. The average Bonchev–Trinajstić information content (AvgIpc) is 2.56. The van der Waals surface area contributed by atoms with E-state index in [2.05, 4.69) is 5.32 Å². The summed E-state index contributed by atoms with van der Waals surface area (Å²) in [7, 11) is 0. The normalized spacial score (nSPS) is 13.0. The first-order chi connectivity index (χ1) is 10.9. The number of hydrogen-bond donors (Lipinski definition) is 3. The van der Waals surface area contributed by atoms with Crippen molar-refractivity contribution in [1.29, 1.82) is 0 Å². The minimum Gasteiger partial charge on any atom is -0.461 e. The Bertz CT molecular complexity index is 533. The molecule has 0 aromatic heterocycles. The van der Waals surface area contributed by atoms with Gasteiger partial charge in [0, 0.05) is 6.42 Å². The van der Waals surface area contributed by atoms with E-state index in [1.54, 1.807) is 6.92 Å². The van der Waals surface area contributed by atoms with Crippen molar-refractivity contribution in [3.05, 3.63) is 35.9 Å². The monoisotopic (exact) mass is 321 g/mol. The fourth-order valence-electron chi connectivity index (χ4n) is 1.82. The second kappa shape index (κ2) is 9.58. The molecule has 0 saturated heterocycles. The van der Waals surface area contributed by atoms with Crippen molar-refractivity contribution in [3.8, 4) is 0 Å². The van der Waals surface area contributed by atoms with Crippen LogP contribution < -0.4 is 16.8 Å². The highest BCUT2D eigenvalue weighted by molar-refractivity contribution is 5.89. The molecule has 5 N–H and O–H groups in total. The maximum atomic E-state index is 11.7. The molecule has 1 rings (SSSR count). The predicted octanol–water partition coefficient (Wildman–Crippen LogP) is 0.217. The van der Waals surface area contributed by atoms with Gasteiger partial charge in [0.25, 0.3) is 0 Å². The maximum absolute atomic E-state index is 11.7. The first-order valence-electron chi connectivity index (χ1n) is 7.48. The summed E-state index contributed by atoms with van der Waals surface area (Å²) in [6, 6.07) is 7.59. The summed E-state index contributed by atoms with van der Waals surface area (Å²) in [5, 5.41) is 2.45. The van der Waals surface area contributed by atoms with E-state index in [4.69, 9.17) is 16.2 Å². The van der Waals surface area contributed by atoms with E-state index >= 15 is 0 Å². The molecule has 0 fully saturated rings. The highest BCUT2D eigenvalue weighted by Crippen LogP contribution is 2.05. The van der Waals surface area contributed by atoms with E-state index in [-0.39, 0.29) is 19.4 Å². The number of hydrogen-bond acceptors (Lipinski definition) is 5. The molecule has 0 aliphatic heterocycles. The Labute approximate surface area is 135 Å². The molecule has 1 aromatic rings. The summed E-state index contributed by atoms with van der Waals surface area (Å²) in [5.74, 6) is -1.64. The molecule has 0 saturated carbocycles. The third-order valence-electron chi connectivity index (χ3n) is 3.32. The van der Waals surface area contributed by atoms with Crippen LogP contribution in [0.25, 0.3) is 0 Å². The molecular weight excluding hydrogens is 298 g/mol. The molecule has 0 radical (unpaired) electrons. The van der Waals surface area contributed by atoms with Crippen LogP contribution >= 0.6 is 0 Å². The first kappa shape index (κ1) is 18.6. The number of carbonyl (C=O) groups excluding carboxylic acids is 3. The van der Waals surface area contributed by atoms with Crippen molar-refractivity contribution in [3.63, 3.8) is 0 Å². The van der Waals surface area contributed by atoms with E-state index in [1.165, 1.54) is 0 Å². The Morgan fingerprint density at radius 2 is 1.87 bits per heavy atom. The second-order valence-electron chi connectivity index (χ2n) is 5.16. The molecule has 2 atom stereocenters. The molecule has 0 spiro atoms. The van der Waals surface area contributed by atoms with Gasteiger partial charge in [-0.3, -0.25) is 14.4 Å². The highest BCUT2D eigenvalue weighted by Gasteiger charge is 2.22. The number of carbonyl (C=O) groups is 3. The van der Waals surface area contributed by atoms with Crippen molar-refractivity contribution in [2.45, 2.75) is 44.9 Å². The fourth-order valence-corrected chi connectivity index (χ4v) is 1.82. The van der Waals surface area contributed by atoms with Gasteiger partial charge in [0.05, 0.1) is 6.04 Å². The predicted molar refractivity (Wildman–Crippen MR) is 84.9 cm³/mol. The summed E-state index contributed by atoms with van der Waals surface area (Å²) in [5.41, 5.74) is 11.7. The lowest BCUT2D eigenvalue weighted by molar-refractivity contribution is -0.145. The van der Waals surface area contributed by atoms with Crippen molar-refractivity contribution < 1.29 is 19.1 Å². The fraction of sp³-hybridized carbons (Fsp3) is 0.438. The molecule has 2 amide bonds. The minimum atomic E-state index is -0.940. The van der Waals surface area contributed by atoms with Crippen LogP contribution in [0.5, 0.6) is 0 Å². The summed E-state index contributed by atoms with van der Waals surface area (Å²) >= 11 is 0. The average molecular weight is 321 g/mol. The third-order valence-corrected chi connectivity index (χ3v) is 3.32. The van der Waals surface area contributed by atoms with Crippen LogP contribution in [-0.4, -0.2) is 29.9 Å². The largest absolute Gasteiger partial charge is 0.461 e. The molecule has 0 heterocycles. The van der Waals surface area contributed by atoms with Crippen LogP contribution in [0.2, 0.25) is 0 Å². The van der Waals surface area contributed by atoms with Gasteiger partial charge in [-0.2, -0.15) is 0 Å². The van der Waals surface area contributed by atoms with E-state index in [1.807, 2.05) is 30.3 Å². The Hall–Kier alpha value is -2.41.